The van der Waals surface area contributed by atoms with Gasteiger partial charge in [0.05, 0.1) is 7.11 Å². The van der Waals surface area contributed by atoms with Crippen LogP contribution in [0.4, 0.5) is 0 Å². The van der Waals surface area contributed by atoms with Crippen molar-refractivity contribution in [3.63, 3.8) is 0 Å². The largest absolute Gasteiger partial charge is 0.466 e. The van der Waals surface area contributed by atoms with E-state index >= 15 is 0 Å². The first-order valence-electron chi connectivity index (χ1n) is 10.0. The number of carbonyl (C=O) groups is 1. The standard InChI is InChI=1S/C23H38O2/c1-3-4-5-6-7-8-9-10-11-12-13-14-15-16-17-18-19-20-21-22-23(24)25-2/h7-8,10-11,13-14,21-22H,3-6,9,12,15-20H2,1-2H3/b8-7-,11-10-,14-13-,22-21+. The first-order valence-corrected chi connectivity index (χ1v) is 10.0. The molecule has 25 heavy (non-hydrogen) atoms. The highest BCUT2D eigenvalue weighted by Gasteiger charge is 1.90. The molecule has 0 aromatic carbocycles. The second-order valence-electron chi connectivity index (χ2n) is 6.30. The summed E-state index contributed by atoms with van der Waals surface area (Å²) in [6, 6.07) is 0. The molecule has 142 valence electrons. The lowest BCUT2D eigenvalue weighted by Gasteiger charge is -1.97. The van der Waals surface area contributed by atoms with Crippen molar-refractivity contribution in [2.45, 2.75) is 84.0 Å². The van der Waals surface area contributed by atoms with Crippen LogP contribution in [-0.4, -0.2) is 13.1 Å². The van der Waals surface area contributed by atoms with Crippen LogP contribution in [0, 0.1) is 0 Å². The number of carbonyl (C=O) groups excluding carboxylic acids is 1. The molecule has 0 aromatic heterocycles. The minimum absolute atomic E-state index is 0.262. The van der Waals surface area contributed by atoms with Crippen LogP contribution in [0.1, 0.15) is 84.0 Å². The zero-order valence-electron chi connectivity index (χ0n) is 16.4. The third-order valence-electron chi connectivity index (χ3n) is 3.97. The predicted molar refractivity (Wildman–Crippen MR) is 110 cm³/mol. The van der Waals surface area contributed by atoms with Gasteiger partial charge < -0.3 is 4.74 Å². The van der Waals surface area contributed by atoms with E-state index in [0.717, 1.165) is 25.7 Å². The number of hydrogen-bond donors (Lipinski definition) is 0. The van der Waals surface area contributed by atoms with Gasteiger partial charge in [-0.1, -0.05) is 75.1 Å². The molecule has 0 unspecified atom stereocenters. The van der Waals surface area contributed by atoms with Crippen molar-refractivity contribution in [1.29, 1.82) is 0 Å². The van der Waals surface area contributed by atoms with Gasteiger partial charge in [-0.15, -0.1) is 0 Å². The van der Waals surface area contributed by atoms with E-state index in [1.807, 2.05) is 6.08 Å². The van der Waals surface area contributed by atoms with Crippen LogP contribution in [0.15, 0.2) is 48.6 Å². The van der Waals surface area contributed by atoms with E-state index in [4.69, 9.17) is 0 Å². The molecule has 0 aromatic rings. The zero-order valence-corrected chi connectivity index (χ0v) is 16.4. The summed E-state index contributed by atoms with van der Waals surface area (Å²) in [6.07, 6.45) is 31.4. The monoisotopic (exact) mass is 346 g/mol. The third kappa shape index (κ3) is 20.4. The minimum Gasteiger partial charge on any atom is -0.466 e. The van der Waals surface area contributed by atoms with Crippen LogP contribution in [0.3, 0.4) is 0 Å². The van der Waals surface area contributed by atoms with Crippen LogP contribution in [0.5, 0.6) is 0 Å². The van der Waals surface area contributed by atoms with Gasteiger partial charge in [-0.2, -0.15) is 0 Å². The molecule has 0 fully saturated rings. The van der Waals surface area contributed by atoms with Gasteiger partial charge in [0.15, 0.2) is 0 Å². The molecule has 0 saturated heterocycles. The topological polar surface area (TPSA) is 26.3 Å². The fraction of sp³-hybridized carbons (Fsp3) is 0.609. The van der Waals surface area contributed by atoms with Gasteiger partial charge in [0.25, 0.3) is 0 Å². The fourth-order valence-corrected chi connectivity index (χ4v) is 2.42. The Morgan fingerprint density at radius 3 is 1.68 bits per heavy atom. The number of esters is 1. The van der Waals surface area contributed by atoms with Crippen LogP contribution < -0.4 is 0 Å². The van der Waals surface area contributed by atoms with E-state index in [1.54, 1.807) is 0 Å². The maximum atomic E-state index is 10.9. The molecule has 0 atom stereocenters. The lowest BCUT2D eigenvalue weighted by molar-refractivity contribution is -0.134. The Bertz CT molecular complexity index is 402. The minimum atomic E-state index is -0.262. The maximum Gasteiger partial charge on any atom is 0.330 e. The Morgan fingerprint density at radius 2 is 1.16 bits per heavy atom. The molecule has 0 bridgehead atoms. The van der Waals surface area contributed by atoms with E-state index in [-0.39, 0.29) is 5.97 Å². The molecule has 2 heteroatoms. The Morgan fingerprint density at radius 1 is 0.680 bits per heavy atom. The molecule has 2 nitrogen and oxygen atoms in total. The summed E-state index contributed by atoms with van der Waals surface area (Å²) in [5, 5.41) is 0. The smallest absolute Gasteiger partial charge is 0.330 e. The second-order valence-corrected chi connectivity index (χ2v) is 6.30. The van der Waals surface area contributed by atoms with Crippen molar-refractivity contribution >= 4 is 5.97 Å². The van der Waals surface area contributed by atoms with Crippen molar-refractivity contribution in [2.24, 2.45) is 0 Å². The maximum absolute atomic E-state index is 10.9. The van der Waals surface area contributed by atoms with Crippen molar-refractivity contribution in [1.82, 2.24) is 0 Å². The second kappa shape index (κ2) is 20.5. The number of allylic oxidation sites excluding steroid dienone is 7. The predicted octanol–water partition coefficient (Wildman–Crippen LogP) is 7.09. The van der Waals surface area contributed by atoms with E-state index in [1.165, 1.54) is 64.6 Å². The van der Waals surface area contributed by atoms with Gasteiger partial charge in [-0.25, -0.2) is 4.79 Å². The Balaban J connectivity index is 3.34. The average molecular weight is 347 g/mol. The lowest BCUT2D eigenvalue weighted by Crippen LogP contribution is -1.93. The van der Waals surface area contributed by atoms with E-state index in [0.29, 0.717) is 0 Å². The Hall–Kier alpha value is -1.57. The van der Waals surface area contributed by atoms with Crippen molar-refractivity contribution in [2.75, 3.05) is 7.11 Å². The number of unbranched alkanes of at least 4 members (excludes halogenated alkanes) is 8. The van der Waals surface area contributed by atoms with Gasteiger partial charge in [0.2, 0.25) is 0 Å². The summed E-state index contributed by atoms with van der Waals surface area (Å²) in [5.41, 5.74) is 0. The quantitative estimate of drug-likeness (QED) is 0.129. The van der Waals surface area contributed by atoms with Gasteiger partial charge in [-0.3, -0.25) is 0 Å². The van der Waals surface area contributed by atoms with E-state index < -0.39 is 0 Å². The van der Waals surface area contributed by atoms with E-state index in [2.05, 4.69) is 48.1 Å². The molecule has 0 N–H and O–H groups in total. The first-order chi connectivity index (χ1) is 12.3. The molecule has 0 amide bonds. The number of hydrogen-bond acceptors (Lipinski definition) is 2. The highest BCUT2D eigenvalue weighted by atomic mass is 16.5. The van der Waals surface area contributed by atoms with Crippen LogP contribution in [0.25, 0.3) is 0 Å². The van der Waals surface area contributed by atoms with Crippen LogP contribution >= 0.6 is 0 Å². The molecule has 0 radical (unpaired) electrons. The molecule has 0 rings (SSSR count). The summed E-state index contributed by atoms with van der Waals surface area (Å²) in [6.45, 7) is 2.24. The number of ether oxygens (including phenoxy) is 1. The first kappa shape index (κ1) is 23.4. The van der Waals surface area contributed by atoms with Gasteiger partial charge in [0, 0.05) is 6.08 Å². The number of methoxy groups -OCH3 is 1. The van der Waals surface area contributed by atoms with Crippen molar-refractivity contribution in [3.8, 4) is 0 Å². The van der Waals surface area contributed by atoms with Crippen molar-refractivity contribution < 1.29 is 9.53 Å². The summed E-state index contributed by atoms with van der Waals surface area (Å²) < 4.78 is 4.55. The average Bonchev–Trinajstić information content (AvgIpc) is 2.63. The third-order valence-corrected chi connectivity index (χ3v) is 3.97. The molecule has 0 aliphatic heterocycles. The highest BCUT2D eigenvalue weighted by molar-refractivity contribution is 5.81. The van der Waals surface area contributed by atoms with Gasteiger partial charge in [0.1, 0.15) is 0 Å². The van der Waals surface area contributed by atoms with Crippen LogP contribution in [-0.2, 0) is 9.53 Å². The molecule has 0 spiro atoms. The molecule has 0 heterocycles. The Kier molecular flexibility index (Phi) is 19.2. The Labute approximate surface area is 155 Å². The number of rotatable bonds is 16. The SMILES string of the molecule is CCCCC/C=C\C/C=C\C/C=C\CCCCCC/C=C/C(=O)OC. The molecule has 0 aliphatic rings. The van der Waals surface area contributed by atoms with Gasteiger partial charge in [-0.05, 0) is 51.4 Å². The molecule has 0 aliphatic carbocycles. The molecular formula is C23H38O2. The lowest BCUT2D eigenvalue weighted by atomic mass is 10.1. The summed E-state index contributed by atoms with van der Waals surface area (Å²) in [5.74, 6) is -0.262. The van der Waals surface area contributed by atoms with E-state index in [9.17, 15) is 4.79 Å². The summed E-state index contributed by atoms with van der Waals surface area (Å²) >= 11 is 0. The van der Waals surface area contributed by atoms with Crippen molar-refractivity contribution in [3.05, 3.63) is 48.6 Å². The summed E-state index contributed by atoms with van der Waals surface area (Å²) in [7, 11) is 1.41. The zero-order chi connectivity index (χ0) is 18.4. The highest BCUT2D eigenvalue weighted by Crippen LogP contribution is 2.07. The van der Waals surface area contributed by atoms with Crippen LogP contribution in [0.2, 0.25) is 0 Å². The summed E-state index contributed by atoms with van der Waals surface area (Å²) in [4.78, 5) is 10.9. The molecule has 0 saturated carbocycles. The molecular weight excluding hydrogens is 308 g/mol. The fourth-order valence-electron chi connectivity index (χ4n) is 2.42. The normalized spacial score (nSPS) is 12.2. The van der Waals surface area contributed by atoms with Gasteiger partial charge >= 0.3 is 5.97 Å².